The van der Waals surface area contributed by atoms with Crippen LogP contribution in [0.3, 0.4) is 0 Å². The number of ether oxygens (including phenoxy) is 3. The molecule has 29 heavy (non-hydrogen) atoms. The molecular formula is C25H25NO3. The second-order valence-electron chi connectivity index (χ2n) is 6.77. The number of hydrogen-bond donors (Lipinski definition) is 0. The molecule has 0 aliphatic rings. The van der Waals surface area contributed by atoms with Crippen LogP contribution >= 0.6 is 0 Å². The predicted octanol–water partition coefficient (Wildman–Crippen LogP) is 6.40. The first-order valence-electron chi connectivity index (χ1n) is 9.41. The molecule has 3 rings (SSSR count). The maximum Gasteiger partial charge on any atom is 0.225 e. The molecule has 0 heterocycles. The number of aryl methyl sites for hydroxylation is 2. The minimum absolute atomic E-state index is 0.466. The Balaban J connectivity index is 1.88. The van der Waals surface area contributed by atoms with Gasteiger partial charge in [0, 0.05) is 5.57 Å². The Labute approximate surface area is 172 Å². The lowest BCUT2D eigenvalue weighted by molar-refractivity contribution is 0.415. The Morgan fingerprint density at radius 2 is 1.48 bits per heavy atom. The first-order chi connectivity index (χ1) is 14.0. The van der Waals surface area contributed by atoms with Crippen molar-refractivity contribution in [2.75, 3.05) is 7.11 Å². The maximum atomic E-state index is 6.10. The molecule has 0 radical (unpaired) electrons. The summed E-state index contributed by atoms with van der Waals surface area (Å²) in [5.41, 5.74) is 3.82. The average Bonchev–Trinajstić information content (AvgIpc) is 2.73. The first-order valence-corrected chi connectivity index (χ1v) is 9.41. The molecule has 3 aromatic carbocycles. The molecule has 0 fully saturated rings. The van der Waals surface area contributed by atoms with E-state index in [1.165, 1.54) is 5.56 Å². The van der Waals surface area contributed by atoms with Gasteiger partial charge in [-0.1, -0.05) is 29.8 Å². The Morgan fingerprint density at radius 3 is 2.14 bits per heavy atom. The number of nitrogens with zero attached hydrogens (tertiary/aromatic N) is 1. The summed E-state index contributed by atoms with van der Waals surface area (Å²) < 4.78 is 17.1. The number of rotatable bonds is 6. The quantitative estimate of drug-likeness (QED) is 0.279. The van der Waals surface area contributed by atoms with Crippen molar-refractivity contribution in [3.63, 3.8) is 0 Å². The zero-order chi connectivity index (χ0) is 20.6. The molecule has 0 aliphatic carbocycles. The van der Waals surface area contributed by atoms with Crippen LogP contribution in [0.2, 0.25) is 0 Å². The highest BCUT2D eigenvalue weighted by molar-refractivity contribution is 5.96. The Hall–Kier alpha value is -3.53. The molecule has 0 saturated heterocycles. The van der Waals surface area contributed by atoms with Gasteiger partial charge < -0.3 is 14.2 Å². The van der Waals surface area contributed by atoms with Gasteiger partial charge in [0.25, 0.3) is 0 Å². The van der Waals surface area contributed by atoms with Gasteiger partial charge in [0.15, 0.2) is 0 Å². The zero-order valence-electron chi connectivity index (χ0n) is 17.2. The minimum Gasteiger partial charge on any atom is -0.497 e. The van der Waals surface area contributed by atoms with Crippen LogP contribution < -0.4 is 14.2 Å². The van der Waals surface area contributed by atoms with Gasteiger partial charge >= 0.3 is 0 Å². The summed E-state index contributed by atoms with van der Waals surface area (Å²) in [4.78, 5) is 4.68. The molecular weight excluding hydrogens is 362 g/mol. The lowest BCUT2D eigenvalue weighted by atomic mass is 10.2. The summed E-state index contributed by atoms with van der Waals surface area (Å²) in [5.74, 6) is 2.72. The smallest absolute Gasteiger partial charge is 0.225 e. The second kappa shape index (κ2) is 9.60. The van der Waals surface area contributed by atoms with E-state index < -0.39 is 0 Å². The molecule has 148 valence electrons. The van der Waals surface area contributed by atoms with Crippen LogP contribution in [0, 0.1) is 13.8 Å². The summed E-state index contributed by atoms with van der Waals surface area (Å²) in [6, 6.07) is 23.2. The van der Waals surface area contributed by atoms with Crippen LogP contribution in [-0.4, -0.2) is 13.0 Å². The molecule has 0 amide bonds. The van der Waals surface area contributed by atoms with Gasteiger partial charge in [0.05, 0.1) is 19.1 Å². The summed E-state index contributed by atoms with van der Waals surface area (Å²) in [7, 11) is 1.64. The van der Waals surface area contributed by atoms with Gasteiger partial charge in [-0.3, -0.25) is 0 Å². The Bertz CT molecular complexity index is 1000. The SMILES string of the molecule is COc1ccc(N=C(Oc2cccc(C)c2)C(C)=COc2ccc(C)cc2)cc1. The normalized spacial score (nSPS) is 11.9. The van der Waals surface area contributed by atoms with E-state index in [2.05, 4.69) is 4.99 Å². The third-order valence-electron chi connectivity index (χ3n) is 4.24. The third kappa shape index (κ3) is 5.98. The minimum atomic E-state index is 0.466. The molecule has 4 heteroatoms. The first kappa shape index (κ1) is 20.2. The van der Waals surface area contributed by atoms with Crippen LogP contribution in [0.4, 0.5) is 5.69 Å². The fraction of sp³-hybridized carbons (Fsp3) is 0.160. The lowest BCUT2D eigenvalue weighted by Crippen LogP contribution is -2.11. The molecule has 0 atom stereocenters. The van der Waals surface area contributed by atoms with Crippen LogP contribution in [0.1, 0.15) is 18.1 Å². The largest absolute Gasteiger partial charge is 0.497 e. The number of hydrogen-bond acceptors (Lipinski definition) is 4. The monoisotopic (exact) mass is 387 g/mol. The van der Waals surface area contributed by atoms with Gasteiger partial charge in [-0.2, -0.15) is 0 Å². The fourth-order valence-electron chi connectivity index (χ4n) is 2.58. The van der Waals surface area contributed by atoms with Crippen molar-refractivity contribution in [1.82, 2.24) is 0 Å². The molecule has 0 aromatic heterocycles. The van der Waals surface area contributed by atoms with E-state index in [4.69, 9.17) is 14.2 Å². The molecule has 0 saturated carbocycles. The van der Waals surface area contributed by atoms with Gasteiger partial charge in [0.2, 0.25) is 5.90 Å². The average molecular weight is 387 g/mol. The van der Waals surface area contributed by atoms with E-state index in [9.17, 15) is 0 Å². The van der Waals surface area contributed by atoms with E-state index in [0.717, 1.165) is 34.1 Å². The summed E-state index contributed by atoms with van der Waals surface area (Å²) in [5, 5.41) is 0. The summed E-state index contributed by atoms with van der Waals surface area (Å²) in [6.45, 7) is 5.98. The molecule has 0 spiro atoms. The van der Waals surface area contributed by atoms with Crippen LogP contribution in [0.15, 0.2) is 89.6 Å². The van der Waals surface area contributed by atoms with Crippen molar-refractivity contribution in [2.24, 2.45) is 4.99 Å². The van der Waals surface area contributed by atoms with Gasteiger partial charge in [-0.05, 0) is 74.9 Å². The zero-order valence-corrected chi connectivity index (χ0v) is 17.2. The van der Waals surface area contributed by atoms with E-state index in [1.54, 1.807) is 13.4 Å². The van der Waals surface area contributed by atoms with E-state index in [-0.39, 0.29) is 0 Å². The highest BCUT2D eigenvalue weighted by Gasteiger charge is 2.08. The van der Waals surface area contributed by atoms with Crippen molar-refractivity contribution in [3.05, 3.63) is 95.8 Å². The standard InChI is InChI=1S/C25H25NO3/c1-18-8-12-23(13-9-18)28-17-20(3)25(29-24-7-5-6-19(2)16-24)26-21-10-14-22(27-4)15-11-21/h5-17H,1-4H3. The summed E-state index contributed by atoms with van der Waals surface area (Å²) >= 11 is 0. The topological polar surface area (TPSA) is 40.0 Å². The molecule has 0 bridgehead atoms. The van der Waals surface area contributed by atoms with E-state index >= 15 is 0 Å². The van der Waals surface area contributed by atoms with Crippen molar-refractivity contribution < 1.29 is 14.2 Å². The van der Waals surface area contributed by atoms with Gasteiger partial charge in [0.1, 0.15) is 17.2 Å². The molecule has 0 N–H and O–H groups in total. The van der Waals surface area contributed by atoms with Crippen LogP contribution in [0.25, 0.3) is 0 Å². The Morgan fingerprint density at radius 1 is 0.793 bits per heavy atom. The molecule has 0 aliphatic heterocycles. The van der Waals surface area contributed by atoms with Crippen molar-refractivity contribution in [3.8, 4) is 17.2 Å². The lowest BCUT2D eigenvalue weighted by Gasteiger charge is -2.11. The molecule has 0 unspecified atom stereocenters. The predicted molar refractivity (Wildman–Crippen MR) is 117 cm³/mol. The van der Waals surface area contributed by atoms with Crippen LogP contribution in [0.5, 0.6) is 17.2 Å². The fourth-order valence-corrected chi connectivity index (χ4v) is 2.58. The maximum absolute atomic E-state index is 6.10. The van der Waals surface area contributed by atoms with Crippen molar-refractivity contribution in [2.45, 2.75) is 20.8 Å². The van der Waals surface area contributed by atoms with Crippen molar-refractivity contribution in [1.29, 1.82) is 0 Å². The summed E-state index contributed by atoms with van der Waals surface area (Å²) in [6.07, 6.45) is 1.66. The molecule has 3 aromatic rings. The van der Waals surface area contributed by atoms with E-state index in [0.29, 0.717) is 5.90 Å². The Kier molecular flexibility index (Phi) is 6.69. The highest BCUT2D eigenvalue weighted by atomic mass is 16.5. The highest BCUT2D eigenvalue weighted by Crippen LogP contribution is 2.21. The number of benzene rings is 3. The van der Waals surface area contributed by atoms with Gasteiger partial charge in [-0.25, -0.2) is 4.99 Å². The van der Waals surface area contributed by atoms with Crippen molar-refractivity contribution >= 4 is 11.6 Å². The third-order valence-corrected chi connectivity index (χ3v) is 4.24. The second-order valence-corrected chi connectivity index (χ2v) is 6.77. The van der Waals surface area contributed by atoms with E-state index in [1.807, 2.05) is 93.6 Å². The van der Waals surface area contributed by atoms with Gasteiger partial charge in [-0.15, -0.1) is 0 Å². The van der Waals surface area contributed by atoms with Crippen LogP contribution in [-0.2, 0) is 0 Å². The number of methoxy groups -OCH3 is 1. The number of aliphatic imine (C=N–C) groups is 1. The molecule has 4 nitrogen and oxygen atoms in total.